The number of nitrogens with zero attached hydrogens (tertiary/aromatic N) is 2. The summed E-state index contributed by atoms with van der Waals surface area (Å²) in [5, 5.41) is 10.9. The first-order valence-electron chi connectivity index (χ1n) is 5.11. The van der Waals surface area contributed by atoms with Crippen LogP contribution in [0.4, 0.5) is 0 Å². The minimum atomic E-state index is -1.00. The van der Waals surface area contributed by atoms with Crippen molar-refractivity contribution in [3.05, 3.63) is 45.1 Å². The molecule has 1 aromatic carbocycles. The standard InChI is InChI=1S/C12H7IN2O2S/c13-8-3-1-2-7(4-8)10-6-18-12-14-9(11(16)17)5-15(10)12/h1-6H,(H,16,17). The van der Waals surface area contributed by atoms with E-state index in [-0.39, 0.29) is 5.69 Å². The highest BCUT2D eigenvalue weighted by molar-refractivity contribution is 14.1. The SMILES string of the molecule is O=C(O)c1cn2c(-c3cccc(I)c3)csc2n1. The van der Waals surface area contributed by atoms with Crippen LogP contribution in [-0.4, -0.2) is 20.5 Å². The second kappa shape index (κ2) is 4.36. The Kier molecular flexibility index (Phi) is 2.83. The summed E-state index contributed by atoms with van der Waals surface area (Å²) in [6.07, 6.45) is 1.56. The predicted octanol–water partition coefficient (Wildman–Crippen LogP) is 3.37. The van der Waals surface area contributed by atoms with Crippen LogP contribution in [0, 0.1) is 3.57 Å². The zero-order valence-corrected chi connectivity index (χ0v) is 12.0. The highest BCUT2D eigenvalue weighted by Crippen LogP contribution is 2.27. The van der Waals surface area contributed by atoms with Crippen LogP contribution in [0.5, 0.6) is 0 Å². The van der Waals surface area contributed by atoms with Gasteiger partial charge in [-0.3, -0.25) is 4.40 Å². The molecule has 0 atom stereocenters. The van der Waals surface area contributed by atoms with Crippen molar-refractivity contribution in [2.45, 2.75) is 0 Å². The Morgan fingerprint density at radius 1 is 1.44 bits per heavy atom. The normalized spacial score (nSPS) is 10.9. The van der Waals surface area contributed by atoms with Crippen LogP contribution in [0.15, 0.2) is 35.8 Å². The molecule has 0 bridgehead atoms. The number of imidazole rings is 1. The molecule has 4 nitrogen and oxygen atoms in total. The fourth-order valence-corrected chi connectivity index (χ4v) is 3.17. The van der Waals surface area contributed by atoms with Crippen molar-refractivity contribution < 1.29 is 9.90 Å². The molecule has 0 spiro atoms. The van der Waals surface area contributed by atoms with Gasteiger partial charge in [0.1, 0.15) is 0 Å². The molecular weight excluding hydrogens is 363 g/mol. The number of aromatic nitrogens is 2. The van der Waals surface area contributed by atoms with Gasteiger partial charge in [-0.2, -0.15) is 0 Å². The number of rotatable bonds is 2. The first-order valence-corrected chi connectivity index (χ1v) is 7.07. The maximum absolute atomic E-state index is 10.9. The van der Waals surface area contributed by atoms with Crippen molar-refractivity contribution in [1.29, 1.82) is 0 Å². The molecular formula is C12H7IN2O2S. The fraction of sp³-hybridized carbons (Fsp3) is 0. The lowest BCUT2D eigenvalue weighted by atomic mass is 10.2. The summed E-state index contributed by atoms with van der Waals surface area (Å²) < 4.78 is 2.96. The molecule has 6 heteroatoms. The first-order chi connectivity index (χ1) is 8.65. The quantitative estimate of drug-likeness (QED) is 0.704. The maximum atomic E-state index is 10.9. The maximum Gasteiger partial charge on any atom is 0.356 e. The number of fused-ring (bicyclic) bond motifs is 1. The molecule has 0 saturated carbocycles. The van der Waals surface area contributed by atoms with E-state index in [0.717, 1.165) is 14.8 Å². The Morgan fingerprint density at radius 2 is 2.28 bits per heavy atom. The van der Waals surface area contributed by atoms with Gasteiger partial charge in [0.15, 0.2) is 10.7 Å². The summed E-state index contributed by atoms with van der Waals surface area (Å²) in [7, 11) is 0. The zero-order valence-electron chi connectivity index (χ0n) is 9.00. The van der Waals surface area contributed by atoms with Gasteiger partial charge in [0.05, 0.1) is 5.69 Å². The average molecular weight is 370 g/mol. The molecule has 2 heterocycles. The number of halogens is 1. The van der Waals surface area contributed by atoms with E-state index in [0.29, 0.717) is 4.96 Å². The van der Waals surface area contributed by atoms with Crippen molar-refractivity contribution in [2.75, 3.05) is 0 Å². The summed E-state index contributed by atoms with van der Waals surface area (Å²) in [6.45, 7) is 0. The number of hydrogen-bond donors (Lipinski definition) is 1. The van der Waals surface area contributed by atoms with E-state index >= 15 is 0 Å². The second-order valence-electron chi connectivity index (χ2n) is 3.72. The third-order valence-electron chi connectivity index (χ3n) is 2.55. The van der Waals surface area contributed by atoms with Crippen molar-refractivity contribution in [1.82, 2.24) is 9.38 Å². The minimum absolute atomic E-state index is 0.0775. The summed E-state index contributed by atoms with van der Waals surface area (Å²) in [4.78, 5) is 15.7. The molecule has 0 saturated heterocycles. The molecule has 0 aliphatic carbocycles. The molecule has 0 fully saturated rings. The van der Waals surface area contributed by atoms with Gasteiger partial charge in [-0.1, -0.05) is 12.1 Å². The molecule has 1 N–H and O–H groups in total. The van der Waals surface area contributed by atoms with Crippen LogP contribution < -0.4 is 0 Å². The van der Waals surface area contributed by atoms with Gasteiger partial charge in [-0.05, 0) is 34.7 Å². The van der Waals surface area contributed by atoms with Gasteiger partial charge in [-0.25, -0.2) is 9.78 Å². The molecule has 2 aromatic heterocycles. The predicted molar refractivity (Wildman–Crippen MR) is 78.2 cm³/mol. The van der Waals surface area contributed by atoms with E-state index in [4.69, 9.17) is 5.11 Å². The number of thiazole rings is 1. The molecule has 0 unspecified atom stereocenters. The van der Waals surface area contributed by atoms with Crippen molar-refractivity contribution >= 4 is 44.9 Å². The van der Waals surface area contributed by atoms with E-state index in [2.05, 4.69) is 33.6 Å². The third-order valence-corrected chi connectivity index (χ3v) is 4.06. The number of carboxylic acid groups (broad SMARTS) is 1. The van der Waals surface area contributed by atoms with Gasteiger partial charge in [-0.15, -0.1) is 11.3 Å². The van der Waals surface area contributed by atoms with E-state index in [1.165, 1.54) is 11.3 Å². The Labute approximate surface area is 120 Å². The lowest BCUT2D eigenvalue weighted by Gasteiger charge is -2.00. The van der Waals surface area contributed by atoms with Gasteiger partial charge in [0.25, 0.3) is 0 Å². The smallest absolute Gasteiger partial charge is 0.356 e. The van der Waals surface area contributed by atoms with Crippen LogP contribution in [0.3, 0.4) is 0 Å². The van der Waals surface area contributed by atoms with Gasteiger partial charge in [0.2, 0.25) is 0 Å². The Bertz CT molecular complexity index is 747. The van der Waals surface area contributed by atoms with Crippen LogP contribution in [0.1, 0.15) is 10.5 Å². The largest absolute Gasteiger partial charge is 0.476 e. The Morgan fingerprint density at radius 3 is 3.00 bits per heavy atom. The van der Waals surface area contributed by atoms with Gasteiger partial charge >= 0.3 is 5.97 Å². The Balaban J connectivity index is 2.20. The highest BCUT2D eigenvalue weighted by atomic mass is 127. The van der Waals surface area contributed by atoms with Crippen LogP contribution in [-0.2, 0) is 0 Å². The van der Waals surface area contributed by atoms with Gasteiger partial charge in [0, 0.05) is 20.7 Å². The van der Waals surface area contributed by atoms with Crippen molar-refractivity contribution in [3.8, 4) is 11.3 Å². The zero-order chi connectivity index (χ0) is 12.7. The summed E-state index contributed by atoms with van der Waals surface area (Å²) in [5.74, 6) is -1.00. The van der Waals surface area contributed by atoms with E-state index in [9.17, 15) is 4.79 Å². The summed E-state index contributed by atoms with van der Waals surface area (Å²) in [6, 6.07) is 8.06. The molecule has 0 amide bonds. The molecule has 18 heavy (non-hydrogen) atoms. The summed E-state index contributed by atoms with van der Waals surface area (Å²) in [5.41, 5.74) is 2.10. The lowest BCUT2D eigenvalue weighted by Crippen LogP contribution is -1.95. The number of hydrogen-bond acceptors (Lipinski definition) is 3. The highest BCUT2D eigenvalue weighted by Gasteiger charge is 2.13. The summed E-state index contributed by atoms with van der Waals surface area (Å²) >= 11 is 3.69. The monoisotopic (exact) mass is 370 g/mol. The van der Waals surface area contributed by atoms with Crippen molar-refractivity contribution in [3.63, 3.8) is 0 Å². The van der Waals surface area contributed by atoms with Crippen molar-refractivity contribution in [2.24, 2.45) is 0 Å². The molecule has 0 aliphatic rings. The number of aromatic carboxylic acids is 1. The lowest BCUT2D eigenvalue weighted by molar-refractivity contribution is 0.0691. The molecule has 3 rings (SSSR count). The molecule has 0 radical (unpaired) electrons. The number of benzene rings is 1. The molecule has 90 valence electrons. The number of carbonyl (C=O) groups is 1. The van der Waals surface area contributed by atoms with E-state index in [1.54, 1.807) is 6.20 Å². The number of carboxylic acids is 1. The van der Waals surface area contributed by atoms with E-state index in [1.807, 2.05) is 28.0 Å². The topological polar surface area (TPSA) is 54.6 Å². The fourth-order valence-electron chi connectivity index (χ4n) is 1.74. The molecule has 3 aromatic rings. The molecule has 0 aliphatic heterocycles. The Hall–Kier alpha value is -1.41. The average Bonchev–Trinajstić information content (AvgIpc) is 2.87. The van der Waals surface area contributed by atoms with Crippen LogP contribution in [0.25, 0.3) is 16.2 Å². The van der Waals surface area contributed by atoms with Gasteiger partial charge < -0.3 is 5.11 Å². The second-order valence-corrected chi connectivity index (χ2v) is 5.80. The van der Waals surface area contributed by atoms with Crippen LogP contribution >= 0.6 is 33.9 Å². The minimum Gasteiger partial charge on any atom is -0.476 e. The first kappa shape index (κ1) is 11.7. The third kappa shape index (κ3) is 1.91. The van der Waals surface area contributed by atoms with Crippen LogP contribution in [0.2, 0.25) is 0 Å². The van der Waals surface area contributed by atoms with E-state index < -0.39 is 5.97 Å².